The second kappa shape index (κ2) is 6.57. The van der Waals surface area contributed by atoms with Gasteiger partial charge in [-0.25, -0.2) is 0 Å². The quantitative estimate of drug-likeness (QED) is 0.853. The van der Waals surface area contributed by atoms with Gasteiger partial charge in [0.1, 0.15) is 6.04 Å². The van der Waals surface area contributed by atoms with Gasteiger partial charge in [-0.05, 0) is 24.1 Å². The molecule has 0 spiro atoms. The highest BCUT2D eigenvalue weighted by atomic mass is 19.4. The number of pyridine rings is 1. The molecule has 132 valence electrons. The molecular formula is C18H18F3N2O2+. The van der Waals surface area contributed by atoms with Crippen molar-refractivity contribution in [2.45, 2.75) is 38.1 Å². The molecule has 7 heteroatoms. The largest absolute Gasteiger partial charge is 0.416 e. The van der Waals surface area contributed by atoms with E-state index in [0.717, 1.165) is 11.1 Å². The van der Waals surface area contributed by atoms with Gasteiger partial charge in [0, 0.05) is 18.6 Å². The molecule has 0 bridgehead atoms. The van der Waals surface area contributed by atoms with Crippen LogP contribution in [-0.2, 0) is 6.18 Å². The average Bonchev–Trinajstić information content (AvgIpc) is 2.58. The zero-order valence-electron chi connectivity index (χ0n) is 13.6. The first-order valence-electron chi connectivity index (χ1n) is 8.04. The van der Waals surface area contributed by atoms with Crippen LogP contribution in [0.4, 0.5) is 13.2 Å². The normalized spacial score (nSPS) is 21.2. The van der Waals surface area contributed by atoms with Gasteiger partial charge in [-0.15, -0.1) is 5.06 Å². The zero-order valence-corrected chi connectivity index (χ0v) is 13.6. The average molecular weight is 351 g/mol. The van der Waals surface area contributed by atoms with Gasteiger partial charge >= 0.3 is 6.18 Å². The third kappa shape index (κ3) is 3.05. The summed E-state index contributed by atoms with van der Waals surface area (Å²) in [4.78, 5) is 12.9. The van der Waals surface area contributed by atoms with Crippen LogP contribution in [0.5, 0.6) is 0 Å². The SMILES string of the molecule is CCCC1N(O)C(c2ccccc2C(F)(F)F)C(=O)c2cccc[n+]21. The van der Waals surface area contributed by atoms with Crippen LogP contribution in [0.1, 0.15) is 53.6 Å². The third-order valence-corrected chi connectivity index (χ3v) is 4.39. The van der Waals surface area contributed by atoms with E-state index in [1.165, 1.54) is 18.2 Å². The van der Waals surface area contributed by atoms with Crippen molar-refractivity contribution in [2.75, 3.05) is 0 Å². The predicted octanol–water partition coefficient (Wildman–Crippen LogP) is 3.92. The molecule has 0 radical (unpaired) electrons. The van der Waals surface area contributed by atoms with E-state index in [9.17, 15) is 23.2 Å². The van der Waals surface area contributed by atoms with Crippen LogP contribution in [0.15, 0.2) is 48.7 Å². The number of benzene rings is 1. The lowest BCUT2D eigenvalue weighted by atomic mass is 9.92. The van der Waals surface area contributed by atoms with E-state index < -0.39 is 29.7 Å². The standard InChI is InChI=1S/C18H18F3N2O2/c1-2-7-15-22-11-6-5-10-14(22)17(24)16(23(15)25)12-8-3-4-9-13(12)18(19,20)21/h3-6,8-11,15-16,25H,2,7H2,1H3/q+1. The molecule has 1 aromatic heterocycles. The fraction of sp³-hybridized carbons (Fsp3) is 0.333. The van der Waals surface area contributed by atoms with Gasteiger partial charge in [-0.3, -0.25) is 4.79 Å². The van der Waals surface area contributed by atoms with Crippen LogP contribution >= 0.6 is 0 Å². The summed E-state index contributed by atoms with van der Waals surface area (Å²) in [6.07, 6.45) is -2.36. The molecule has 25 heavy (non-hydrogen) atoms. The summed E-state index contributed by atoms with van der Waals surface area (Å²) in [5.41, 5.74) is -0.862. The number of nitrogens with zero attached hydrogens (tertiary/aromatic N) is 2. The molecule has 0 amide bonds. The van der Waals surface area contributed by atoms with E-state index in [4.69, 9.17) is 0 Å². The molecular weight excluding hydrogens is 333 g/mol. The number of carbonyl (C=O) groups is 1. The van der Waals surface area contributed by atoms with Gasteiger partial charge in [-0.2, -0.15) is 17.7 Å². The summed E-state index contributed by atoms with van der Waals surface area (Å²) >= 11 is 0. The number of carbonyl (C=O) groups excluding carboxylic acids is 1. The number of rotatable bonds is 3. The Kier molecular flexibility index (Phi) is 4.62. The van der Waals surface area contributed by atoms with Crippen LogP contribution in [0.2, 0.25) is 0 Å². The highest BCUT2D eigenvalue weighted by Gasteiger charge is 2.48. The molecule has 2 heterocycles. The first kappa shape index (κ1) is 17.6. The molecule has 3 rings (SSSR count). The Morgan fingerprint density at radius 1 is 1.16 bits per heavy atom. The second-order valence-electron chi connectivity index (χ2n) is 5.99. The van der Waals surface area contributed by atoms with Crippen LogP contribution in [-0.4, -0.2) is 16.1 Å². The number of ketones is 1. The smallest absolute Gasteiger partial charge is 0.307 e. The van der Waals surface area contributed by atoms with Gasteiger partial charge in [-0.1, -0.05) is 25.1 Å². The van der Waals surface area contributed by atoms with Crippen LogP contribution < -0.4 is 4.57 Å². The van der Waals surface area contributed by atoms with Gasteiger partial charge < -0.3 is 5.21 Å². The van der Waals surface area contributed by atoms with Crippen molar-refractivity contribution >= 4 is 5.78 Å². The number of hydrogen-bond donors (Lipinski definition) is 1. The van der Waals surface area contributed by atoms with Gasteiger partial charge in [0.15, 0.2) is 6.20 Å². The fourth-order valence-electron chi connectivity index (χ4n) is 3.29. The molecule has 1 aliphatic rings. The lowest BCUT2D eigenvalue weighted by Gasteiger charge is -2.34. The monoisotopic (exact) mass is 351 g/mol. The minimum atomic E-state index is -4.61. The number of Topliss-reactive ketones (excluding diaryl/α,β-unsaturated/α-hetero) is 1. The summed E-state index contributed by atoms with van der Waals surface area (Å²) in [7, 11) is 0. The van der Waals surface area contributed by atoms with Crippen LogP contribution in [0.25, 0.3) is 0 Å². The molecule has 1 N–H and O–H groups in total. The summed E-state index contributed by atoms with van der Waals surface area (Å²) in [5, 5.41) is 11.4. The zero-order chi connectivity index (χ0) is 18.2. The Morgan fingerprint density at radius 2 is 1.84 bits per heavy atom. The van der Waals surface area contributed by atoms with Gasteiger partial charge in [0.2, 0.25) is 6.17 Å². The maximum Gasteiger partial charge on any atom is 0.416 e. The number of alkyl halides is 3. The molecule has 0 fully saturated rings. The molecule has 0 saturated carbocycles. The van der Waals surface area contributed by atoms with Crippen molar-refractivity contribution in [3.8, 4) is 0 Å². The maximum absolute atomic E-state index is 13.4. The summed E-state index contributed by atoms with van der Waals surface area (Å²) in [6.45, 7) is 1.91. The number of hydroxylamine groups is 2. The van der Waals surface area contributed by atoms with Crippen LogP contribution in [0, 0.1) is 0 Å². The van der Waals surface area contributed by atoms with E-state index in [1.54, 1.807) is 29.0 Å². The molecule has 4 nitrogen and oxygen atoms in total. The Bertz CT molecular complexity index is 792. The number of aromatic nitrogens is 1. The third-order valence-electron chi connectivity index (χ3n) is 4.39. The predicted molar refractivity (Wildman–Crippen MR) is 82.7 cm³/mol. The molecule has 2 aromatic rings. The molecule has 0 aliphatic carbocycles. The van der Waals surface area contributed by atoms with Crippen molar-refractivity contribution in [3.63, 3.8) is 0 Å². The number of fused-ring (bicyclic) bond motifs is 1. The van der Waals surface area contributed by atoms with Crippen LogP contribution in [0.3, 0.4) is 0 Å². The first-order chi connectivity index (χ1) is 11.9. The minimum Gasteiger partial charge on any atom is -0.307 e. The highest BCUT2D eigenvalue weighted by Crippen LogP contribution is 2.39. The van der Waals surface area contributed by atoms with E-state index in [-0.39, 0.29) is 11.3 Å². The molecule has 1 aliphatic heterocycles. The Labute approximate surface area is 143 Å². The minimum absolute atomic E-state index is 0.237. The van der Waals surface area contributed by atoms with E-state index in [2.05, 4.69) is 0 Å². The van der Waals surface area contributed by atoms with Crippen molar-refractivity contribution in [1.29, 1.82) is 0 Å². The molecule has 2 unspecified atom stereocenters. The number of halogens is 3. The van der Waals surface area contributed by atoms with Crippen molar-refractivity contribution in [3.05, 3.63) is 65.5 Å². The van der Waals surface area contributed by atoms with E-state index in [0.29, 0.717) is 12.8 Å². The van der Waals surface area contributed by atoms with Crippen molar-refractivity contribution in [1.82, 2.24) is 5.06 Å². The van der Waals surface area contributed by atoms with E-state index >= 15 is 0 Å². The van der Waals surface area contributed by atoms with Gasteiger partial charge in [0.05, 0.1) is 5.56 Å². The lowest BCUT2D eigenvalue weighted by Crippen LogP contribution is -2.59. The second-order valence-corrected chi connectivity index (χ2v) is 5.99. The fourth-order valence-corrected chi connectivity index (χ4v) is 3.29. The molecule has 1 aromatic carbocycles. The van der Waals surface area contributed by atoms with Gasteiger partial charge in [0.25, 0.3) is 11.5 Å². The molecule has 2 atom stereocenters. The summed E-state index contributed by atoms with van der Waals surface area (Å²) < 4.78 is 41.8. The Morgan fingerprint density at radius 3 is 2.52 bits per heavy atom. The van der Waals surface area contributed by atoms with E-state index in [1.807, 2.05) is 6.92 Å². The Hall–Kier alpha value is -2.25. The first-order valence-corrected chi connectivity index (χ1v) is 8.04. The Balaban J connectivity index is 2.17. The number of hydrogen-bond acceptors (Lipinski definition) is 3. The van der Waals surface area contributed by atoms with Crippen molar-refractivity contribution < 1.29 is 27.7 Å². The lowest BCUT2D eigenvalue weighted by molar-refractivity contribution is -0.765. The highest BCUT2D eigenvalue weighted by molar-refractivity contribution is 5.98. The maximum atomic E-state index is 13.4. The molecule has 0 saturated heterocycles. The topological polar surface area (TPSA) is 44.4 Å². The summed E-state index contributed by atoms with van der Waals surface area (Å²) in [6, 6.07) is 8.44. The van der Waals surface area contributed by atoms with Crippen molar-refractivity contribution in [2.24, 2.45) is 0 Å². The summed E-state index contributed by atoms with van der Waals surface area (Å²) in [5.74, 6) is -0.563.